The number of phenols is 1. The molecule has 0 aromatic heterocycles. The van der Waals surface area contributed by atoms with Gasteiger partial charge in [-0.15, -0.1) is 24.8 Å². The summed E-state index contributed by atoms with van der Waals surface area (Å²) in [5, 5.41) is 13.3. The molecule has 126 valence electrons. The summed E-state index contributed by atoms with van der Waals surface area (Å²) in [6.07, 6.45) is 3.17. The summed E-state index contributed by atoms with van der Waals surface area (Å²) in [4.78, 5) is 2.18. The van der Waals surface area contributed by atoms with Crippen molar-refractivity contribution in [3.05, 3.63) is 29.3 Å². The summed E-state index contributed by atoms with van der Waals surface area (Å²) in [5.41, 5.74) is 0.150. The van der Waals surface area contributed by atoms with E-state index in [1.54, 1.807) is 0 Å². The van der Waals surface area contributed by atoms with Crippen LogP contribution in [-0.4, -0.2) is 36.2 Å². The molecule has 1 aromatic carbocycles. The molecule has 2 fully saturated rings. The highest BCUT2D eigenvalue weighted by Crippen LogP contribution is 2.45. The maximum atomic E-state index is 14.2. The molecule has 1 aliphatic carbocycles. The lowest BCUT2D eigenvalue weighted by Gasteiger charge is -2.43. The Morgan fingerprint density at radius 2 is 1.68 bits per heavy atom. The third-order valence-corrected chi connectivity index (χ3v) is 4.55. The quantitative estimate of drug-likeness (QED) is 0.874. The second-order valence-electron chi connectivity index (χ2n) is 5.71. The Bertz CT molecular complexity index is 495. The maximum Gasteiger partial charge on any atom is 0.165 e. The fourth-order valence-electron chi connectivity index (χ4n) is 3.27. The predicted molar refractivity (Wildman–Crippen MR) is 87.0 cm³/mol. The molecule has 3 rings (SSSR count). The number of hydrogen-bond acceptors (Lipinski definition) is 3. The van der Waals surface area contributed by atoms with Gasteiger partial charge in [-0.3, -0.25) is 4.90 Å². The molecule has 0 radical (unpaired) electrons. The van der Waals surface area contributed by atoms with Crippen molar-refractivity contribution in [3.63, 3.8) is 0 Å². The number of nitrogens with one attached hydrogen (secondary N) is 1. The van der Waals surface area contributed by atoms with E-state index in [0.717, 1.165) is 57.6 Å². The molecule has 0 bridgehead atoms. The molecule has 1 aromatic rings. The third-order valence-electron chi connectivity index (χ3n) is 4.55. The molecular weight excluding hydrogens is 333 g/mol. The van der Waals surface area contributed by atoms with Crippen LogP contribution in [-0.2, 0) is 0 Å². The minimum Gasteiger partial charge on any atom is -0.505 e. The Balaban J connectivity index is 0.00000121. The SMILES string of the molecule is Cl.Cl.Oc1c(F)ccc(F)c1[C@@H](C1CCC1)N1CCNCC1. The molecular formula is C15H22Cl2F2N2O. The van der Waals surface area contributed by atoms with Gasteiger partial charge >= 0.3 is 0 Å². The Morgan fingerprint density at radius 1 is 1.09 bits per heavy atom. The molecule has 2 N–H and O–H groups in total. The predicted octanol–water partition coefficient (Wildman–Crippen LogP) is 3.26. The molecule has 2 aliphatic rings. The first kappa shape index (κ1) is 19.4. The van der Waals surface area contributed by atoms with Crippen molar-refractivity contribution in [3.8, 4) is 5.75 Å². The molecule has 0 spiro atoms. The van der Waals surface area contributed by atoms with E-state index in [-0.39, 0.29) is 36.4 Å². The van der Waals surface area contributed by atoms with Crippen molar-refractivity contribution in [2.75, 3.05) is 26.2 Å². The number of hydrogen-bond donors (Lipinski definition) is 2. The minimum absolute atomic E-state index is 0. The lowest BCUT2D eigenvalue weighted by atomic mass is 9.76. The first-order valence-electron chi connectivity index (χ1n) is 7.30. The van der Waals surface area contributed by atoms with Crippen molar-refractivity contribution < 1.29 is 13.9 Å². The Hall–Kier alpha value is -0.620. The van der Waals surface area contributed by atoms with Crippen LogP contribution in [0.5, 0.6) is 5.75 Å². The van der Waals surface area contributed by atoms with E-state index in [1.165, 1.54) is 0 Å². The van der Waals surface area contributed by atoms with Gasteiger partial charge in [0, 0.05) is 32.2 Å². The highest BCUT2D eigenvalue weighted by Gasteiger charge is 2.37. The van der Waals surface area contributed by atoms with Gasteiger partial charge in [-0.25, -0.2) is 8.78 Å². The standard InChI is InChI=1S/C15H20F2N2O.2ClH/c16-11-4-5-12(17)15(20)13(11)14(10-2-1-3-10)19-8-6-18-7-9-19;;/h4-5,10,14,18,20H,1-3,6-9H2;2*1H/t14-;;/m1../s1. The Kier molecular flexibility index (Phi) is 7.32. The van der Waals surface area contributed by atoms with Crippen molar-refractivity contribution in [1.82, 2.24) is 10.2 Å². The fourth-order valence-corrected chi connectivity index (χ4v) is 3.27. The molecule has 1 saturated heterocycles. The summed E-state index contributed by atoms with van der Waals surface area (Å²) in [7, 11) is 0. The fraction of sp³-hybridized carbons (Fsp3) is 0.600. The van der Waals surface area contributed by atoms with Crippen LogP contribution in [0.25, 0.3) is 0 Å². The molecule has 1 heterocycles. The normalized spacial score (nSPS) is 20.5. The van der Waals surface area contributed by atoms with Crippen molar-refractivity contribution in [1.29, 1.82) is 0 Å². The van der Waals surface area contributed by atoms with Crippen LogP contribution in [0.15, 0.2) is 12.1 Å². The van der Waals surface area contributed by atoms with Crippen LogP contribution in [0, 0.1) is 17.6 Å². The summed E-state index contributed by atoms with van der Waals surface area (Å²) in [6, 6.07) is 1.91. The highest BCUT2D eigenvalue weighted by molar-refractivity contribution is 5.85. The van der Waals surface area contributed by atoms with E-state index in [2.05, 4.69) is 10.2 Å². The number of nitrogens with zero attached hydrogens (tertiary/aromatic N) is 1. The van der Waals surface area contributed by atoms with Gasteiger partial charge in [0.15, 0.2) is 11.6 Å². The summed E-state index contributed by atoms with van der Waals surface area (Å²) < 4.78 is 27.8. The maximum absolute atomic E-state index is 14.2. The zero-order valence-corrected chi connectivity index (χ0v) is 13.9. The van der Waals surface area contributed by atoms with Crippen LogP contribution in [0.3, 0.4) is 0 Å². The third kappa shape index (κ3) is 3.65. The second kappa shape index (κ2) is 8.29. The molecule has 1 saturated carbocycles. The summed E-state index contributed by atoms with van der Waals surface area (Å²) >= 11 is 0. The van der Waals surface area contributed by atoms with E-state index in [0.29, 0.717) is 5.92 Å². The number of piperazine rings is 1. The van der Waals surface area contributed by atoms with Gasteiger partial charge in [-0.1, -0.05) is 6.42 Å². The van der Waals surface area contributed by atoms with Crippen molar-refractivity contribution >= 4 is 24.8 Å². The van der Waals surface area contributed by atoms with Crippen LogP contribution in [0.4, 0.5) is 8.78 Å². The smallest absolute Gasteiger partial charge is 0.165 e. The molecule has 1 aliphatic heterocycles. The first-order chi connectivity index (χ1) is 9.68. The molecule has 1 atom stereocenters. The zero-order chi connectivity index (χ0) is 14.1. The van der Waals surface area contributed by atoms with Crippen LogP contribution in [0.2, 0.25) is 0 Å². The average Bonchev–Trinajstić information content (AvgIpc) is 2.41. The first-order valence-corrected chi connectivity index (χ1v) is 7.30. The molecule has 3 nitrogen and oxygen atoms in total. The Labute approximate surface area is 141 Å². The van der Waals surface area contributed by atoms with E-state index in [4.69, 9.17) is 0 Å². The van der Waals surface area contributed by atoms with Crippen LogP contribution < -0.4 is 5.32 Å². The van der Waals surface area contributed by atoms with E-state index in [1.807, 2.05) is 0 Å². The Morgan fingerprint density at radius 3 is 2.23 bits per heavy atom. The monoisotopic (exact) mass is 354 g/mol. The van der Waals surface area contributed by atoms with E-state index < -0.39 is 17.4 Å². The van der Waals surface area contributed by atoms with Gasteiger partial charge in [0.25, 0.3) is 0 Å². The number of phenolic OH excluding ortho intramolecular Hbond substituents is 1. The summed E-state index contributed by atoms with van der Waals surface area (Å²) in [6.45, 7) is 3.30. The number of halogens is 4. The van der Waals surface area contributed by atoms with Crippen LogP contribution in [0.1, 0.15) is 30.9 Å². The van der Waals surface area contributed by atoms with Gasteiger partial charge < -0.3 is 10.4 Å². The number of aromatic hydroxyl groups is 1. The van der Waals surface area contributed by atoms with Gasteiger partial charge in [0.1, 0.15) is 5.82 Å². The lowest BCUT2D eigenvalue weighted by Crippen LogP contribution is -2.48. The largest absolute Gasteiger partial charge is 0.505 e. The molecule has 7 heteroatoms. The minimum atomic E-state index is -0.735. The second-order valence-corrected chi connectivity index (χ2v) is 5.71. The van der Waals surface area contributed by atoms with Crippen LogP contribution >= 0.6 is 24.8 Å². The van der Waals surface area contributed by atoms with Gasteiger partial charge in [0.2, 0.25) is 0 Å². The average molecular weight is 355 g/mol. The van der Waals surface area contributed by atoms with Gasteiger partial charge in [-0.05, 0) is 30.9 Å². The summed E-state index contributed by atoms with van der Waals surface area (Å²) in [5.74, 6) is -1.43. The van der Waals surface area contributed by atoms with E-state index in [9.17, 15) is 13.9 Å². The van der Waals surface area contributed by atoms with Gasteiger partial charge in [-0.2, -0.15) is 0 Å². The van der Waals surface area contributed by atoms with E-state index >= 15 is 0 Å². The van der Waals surface area contributed by atoms with Gasteiger partial charge in [0.05, 0.1) is 5.56 Å². The van der Waals surface area contributed by atoms with Crippen molar-refractivity contribution in [2.24, 2.45) is 5.92 Å². The highest BCUT2D eigenvalue weighted by atomic mass is 35.5. The van der Waals surface area contributed by atoms with Crippen molar-refractivity contribution in [2.45, 2.75) is 25.3 Å². The number of benzene rings is 1. The lowest BCUT2D eigenvalue weighted by molar-refractivity contribution is 0.0788. The molecule has 22 heavy (non-hydrogen) atoms. The molecule has 0 unspecified atom stereocenters. The number of rotatable bonds is 3. The molecule has 0 amide bonds. The zero-order valence-electron chi connectivity index (χ0n) is 12.2. The topological polar surface area (TPSA) is 35.5 Å².